The van der Waals surface area contributed by atoms with E-state index in [2.05, 4.69) is 5.32 Å². The summed E-state index contributed by atoms with van der Waals surface area (Å²) in [4.78, 5) is 12.6. The van der Waals surface area contributed by atoms with E-state index in [0.717, 1.165) is 5.56 Å². The average Bonchev–Trinajstić information content (AvgIpc) is 2.55. The lowest BCUT2D eigenvalue weighted by molar-refractivity contribution is -0.137. The number of anilines is 1. The molecule has 0 aliphatic carbocycles. The molecule has 0 heterocycles. The van der Waals surface area contributed by atoms with Crippen LogP contribution >= 0.6 is 0 Å². The van der Waals surface area contributed by atoms with Crippen LogP contribution in [0.15, 0.2) is 48.5 Å². The van der Waals surface area contributed by atoms with Crippen molar-refractivity contribution in [2.45, 2.75) is 18.9 Å². The molecule has 0 aliphatic heterocycles. The molecule has 0 aliphatic rings. The van der Waals surface area contributed by atoms with Gasteiger partial charge in [0.25, 0.3) is 5.91 Å². The van der Waals surface area contributed by atoms with E-state index in [9.17, 15) is 9.18 Å². The third-order valence-corrected chi connectivity index (χ3v) is 3.81. The van der Waals surface area contributed by atoms with Gasteiger partial charge in [0.15, 0.2) is 5.60 Å². The molecular formula is C18H20FNO3. The van der Waals surface area contributed by atoms with Gasteiger partial charge >= 0.3 is 0 Å². The van der Waals surface area contributed by atoms with Crippen molar-refractivity contribution in [1.29, 1.82) is 0 Å². The fraction of sp³-hybridized carbons (Fsp3) is 0.278. The number of carbonyl (C=O) groups is 1. The molecule has 0 radical (unpaired) electrons. The van der Waals surface area contributed by atoms with Crippen LogP contribution in [0.2, 0.25) is 0 Å². The van der Waals surface area contributed by atoms with Crippen molar-refractivity contribution in [2.24, 2.45) is 0 Å². The van der Waals surface area contributed by atoms with Crippen molar-refractivity contribution in [3.63, 3.8) is 0 Å². The summed E-state index contributed by atoms with van der Waals surface area (Å²) in [6.45, 7) is 1.56. The van der Waals surface area contributed by atoms with Gasteiger partial charge in [0.1, 0.15) is 5.82 Å². The Morgan fingerprint density at radius 3 is 2.65 bits per heavy atom. The Morgan fingerprint density at radius 1 is 1.26 bits per heavy atom. The predicted molar refractivity (Wildman–Crippen MR) is 86.6 cm³/mol. The summed E-state index contributed by atoms with van der Waals surface area (Å²) in [7, 11) is 1.37. The van der Waals surface area contributed by atoms with Crippen LogP contribution in [0.4, 0.5) is 10.1 Å². The average molecular weight is 317 g/mol. The van der Waals surface area contributed by atoms with Crippen molar-refractivity contribution in [3.05, 3.63) is 65.5 Å². The lowest BCUT2D eigenvalue weighted by Gasteiger charge is -2.27. The number of hydrogen-bond donors (Lipinski definition) is 2. The Morgan fingerprint density at radius 2 is 2.00 bits per heavy atom. The van der Waals surface area contributed by atoms with Crippen molar-refractivity contribution < 1.29 is 19.0 Å². The molecule has 0 spiro atoms. The molecule has 5 heteroatoms. The van der Waals surface area contributed by atoms with Crippen LogP contribution < -0.4 is 5.32 Å². The first-order chi connectivity index (χ1) is 11.0. The van der Waals surface area contributed by atoms with E-state index >= 15 is 0 Å². The number of ether oxygens (including phenoxy) is 1. The van der Waals surface area contributed by atoms with Gasteiger partial charge in [0, 0.05) is 25.0 Å². The lowest BCUT2D eigenvalue weighted by atomic mass is 9.94. The van der Waals surface area contributed by atoms with E-state index in [1.807, 2.05) is 6.07 Å². The molecule has 2 rings (SSSR count). The van der Waals surface area contributed by atoms with Gasteiger partial charge in [0.05, 0.1) is 0 Å². The van der Waals surface area contributed by atoms with Gasteiger partial charge in [-0.2, -0.15) is 0 Å². The molecule has 0 bridgehead atoms. The Hall–Kier alpha value is -2.24. The maximum absolute atomic E-state index is 14.0. The van der Waals surface area contributed by atoms with Crippen LogP contribution in [0.5, 0.6) is 0 Å². The van der Waals surface area contributed by atoms with Gasteiger partial charge in [-0.05, 0) is 37.1 Å². The zero-order chi connectivity index (χ0) is 16.9. The standard InChI is InChI=1S/C18H20FNO3/c1-18(23-2,15-8-3-4-9-16(15)19)17(22)20-14-7-5-6-13(12-14)10-11-21/h3-9,12,21H,10-11H2,1-2H3,(H,20,22)/t18-/m1/s1. The molecule has 2 N–H and O–H groups in total. The highest BCUT2D eigenvalue weighted by molar-refractivity contribution is 5.97. The van der Waals surface area contributed by atoms with Crippen LogP contribution in [0.3, 0.4) is 0 Å². The summed E-state index contributed by atoms with van der Waals surface area (Å²) < 4.78 is 19.4. The zero-order valence-corrected chi connectivity index (χ0v) is 13.2. The minimum Gasteiger partial charge on any atom is -0.396 e. The van der Waals surface area contributed by atoms with Crippen molar-refractivity contribution in [2.75, 3.05) is 19.0 Å². The first-order valence-corrected chi connectivity index (χ1v) is 7.32. The number of methoxy groups -OCH3 is 1. The monoisotopic (exact) mass is 317 g/mol. The maximum Gasteiger partial charge on any atom is 0.261 e. The van der Waals surface area contributed by atoms with Crippen molar-refractivity contribution in [3.8, 4) is 0 Å². The number of aliphatic hydroxyl groups is 1. The first kappa shape index (κ1) is 17.1. The smallest absolute Gasteiger partial charge is 0.261 e. The van der Waals surface area contributed by atoms with E-state index < -0.39 is 17.3 Å². The summed E-state index contributed by atoms with van der Waals surface area (Å²) in [6.07, 6.45) is 0.499. The van der Waals surface area contributed by atoms with Gasteiger partial charge in [-0.1, -0.05) is 30.3 Å². The van der Waals surface area contributed by atoms with E-state index in [-0.39, 0.29) is 12.2 Å². The largest absolute Gasteiger partial charge is 0.396 e. The molecule has 0 saturated carbocycles. The fourth-order valence-electron chi connectivity index (χ4n) is 2.36. The Bertz CT molecular complexity index is 689. The maximum atomic E-state index is 14.0. The molecule has 122 valence electrons. The van der Waals surface area contributed by atoms with E-state index in [0.29, 0.717) is 12.1 Å². The topological polar surface area (TPSA) is 58.6 Å². The second-order valence-corrected chi connectivity index (χ2v) is 5.35. The van der Waals surface area contributed by atoms with Gasteiger partial charge in [-0.25, -0.2) is 4.39 Å². The number of rotatable bonds is 6. The highest BCUT2D eigenvalue weighted by atomic mass is 19.1. The zero-order valence-electron chi connectivity index (χ0n) is 13.2. The summed E-state index contributed by atoms with van der Waals surface area (Å²) >= 11 is 0. The normalized spacial score (nSPS) is 13.4. The molecule has 0 aromatic heterocycles. The van der Waals surface area contributed by atoms with Crippen LogP contribution in [-0.4, -0.2) is 24.7 Å². The molecule has 1 amide bonds. The molecule has 4 nitrogen and oxygen atoms in total. The number of halogens is 1. The number of carbonyl (C=O) groups excluding carboxylic acids is 1. The number of nitrogens with one attached hydrogen (secondary N) is 1. The van der Waals surface area contributed by atoms with Gasteiger partial charge in [-0.15, -0.1) is 0 Å². The van der Waals surface area contributed by atoms with E-state index in [1.165, 1.54) is 26.2 Å². The molecule has 23 heavy (non-hydrogen) atoms. The van der Waals surface area contributed by atoms with Crippen LogP contribution in [-0.2, 0) is 21.6 Å². The SMILES string of the molecule is CO[C@@](C)(C(=O)Nc1cccc(CCO)c1)c1ccccc1F. The molecule has 1 atom stereocenters. The van der Waals surface area contributed by atoms with Gasteiger partial charge < -0.3 is 15.2 Å². The Labute approximate surface area is 134 Å². The second-order valence-electron chi connectivity index (χ2n) is 5.35. The summed E-state index contributed by atoms with van der Waals surface area (Å²) in [5.74, 6) is -0.965. The minimum atomic E-state index is -1.45. The Kier molecular flexibility index (Phi) is 5.47. The highest BCUT2D eigenvalue weighted by Crippen LogP contribution is 2.28. The third-order valence-electron chi connectivity index (χ3n) is 3.81. The second kappa shape index (κ2) is 7.35. The van der Waals surface area contributed by atoms with Crippen molar-refractivity contribution in [1.82, 2.24) is 0 Å². The lowest BCUT2D eigenvalue weighted by Crippen LogP contribution is -2.40. The fourth-order valence-corrected chi connectivity index (χ4v) is 2.36. The molecule has 2 aromatic carbocycles. The minimum absolute atomic E-state index is 0.0302. The van der Waals surface area contributed by atoms with Crippen molar-refractivity contribution >= 4 is 11.6 Å². The predicted octanol–water partition coefficient (Wildman–Crippen LogP) is 2.86. The van der Waals surface area contributed by atoms with Gasteiger partial charge in [-0.3, -0.25) is 4.79 Å². The molecule has 0 saturated heterocycles. The number of amides is 1. The highest BCUT2D eigenvalue weighted by Gasteiger charge is 2.37. The first-order valence-electron chi connectivity index (χ1n) is 7.32. The van der Waals surface area contributed by atoms with E-state index in [4.69, 9.17) is 9.84 Å². The quantitative estimate of drug-likeness (QED) is 0.861. The number of aliphatic hydroxyl groups excluding tert-OH is 1. The third kappa shape index (κ3) is 3.75. The molecule has 0 fully saturated rings. The summed E-state index contributed by atoms with van der Waals surface area (Å²) in [5.41, 5.74) is 0.195. The summed E-state index contributed by atoms with van der Waals surface area (Å²) in [5, 5.41) is 11.7. The molecule has 2 aromatic rings. The van der Waals surface area contributed by atoms with Crippen LogP contribution in [0.1, 0.15) is 18.1 Å². The van der Waals surface area contributed by atoms with Gasteiger partial charge in [0.2, 0.25) is 0 Å². The summed E-state index contributed by atoms with van der Waals surface area (Å²) in [6, 6.07) is 13.2. The molecule has 0 unspecified atom stereocenters. The van der Waals surface area contributed by atoms with E-state index in [1.54, 1.807) is 30.3 Å². The number of hydrogen-bond acceptors (Lipinski definition) is 3. The van der Waals surface area contributed by atoms with Crippen LogP contribution in [0.25, 0.3) is 0 Å². The Balaban J connectivity index is 2.27. The van der Waals surface area contributed by atoms with Crippen LogP contribution in [0, 0.1) is 5.82 Å². The molecular weight excluding hydrogens is 297 g/mol. The number of benzene rings is 2.